The fraction of sp³-hybridized carbons (Fsp3) is 1.00. The maximum Gasteiger partial charge on any atom is 0.0157 e. The van der Waals surface area contributed by atoms with Crippen LogP contribution in [0.5, 0.6) is 0 Å². The molecule has 0 unspecified atom stereocenters. The Balaban J connectivity index is 2.60. The van der Waals surface area contributed by atoms with E-state index in [9.17, 15) is 0 Å². The molecule has 0 atom stereocenters. The van der Waals surface area contributed by atoms with Crippen LogP contribution < -0.4 is 10.6 Å². The van der Waals surface area contributed by atoms with Crippen LogP contribution in [0, 0.1) is 0 Å². The van der Waals surface area contributed by atoms with Crippen LogP contribution in [-0.2, 0) is 0 Å². The second kappa shape index (κ2) is 8.40. The Labute approximate surface area is 65.5 Å². The van der Waals surface area contributed by atoms with Gasteiger partial charge in [-0.3, -0.25) is 0 Å². The van der Waals surface area contributed by atoms with E-state index in [0.717, 1.165) is 25.0 Å². The van der Waals surface area contributed by atoms with E-state index in [0.29, 0.717) is 0 Å². The molecule has 0 aliphatic carbocycles. The molecule has 0 aromatic carbocycles. The number of alkyl halides is 1. The van der Waals surface area contributed by atoms with E-state index in [1.807, 2.05) is 7.05 Å². The van der Waals surface area contributed by atoms with Crippen molar-refractivity contribution in [3.63, 3.8) is 0 Å². The van der Waals surface area contributed by atoms with Crippen LogP contribution in [0.15, 0.2) is 0 Å². The third kappa shape index (κ3) is 8.40. The van der Waals surface area contributed by atoms with E-state index in [1.165, 1.54) is 6.42 Å². The SMILES string of the molecule is CNCCCNCCBr. The first-order valence-corrected chi connectivity index (χ1v) is 4.45. The molecule has 0 amide bonds. The highest BCUT2D eigenvalue weighted by Crippen LogP contribution is 1.75. The Bertz CT molecular complexity index is 44.3. The summed E-state index contributed by atoms with van der Waals surface area (Å²) in [6.45, 7) is 3.30. The number of nitrogens with one attached hydrogen (secondary N) is 2. The first-order valence-electron chi connectivity index (χ1n) is 3.33. The molecule has 0 aliphatic rings. The Morgan fingerprint density at radius 3 is 2.56 bits per heavy atom. The lowest BCUT2D eigenvalue weighted by atomic mass is 10.4. The third-order valence-corrected chi connectivity index (χ3v) is 1.45. The molecule has 3 heteroatoms. The summed E-state index contributed by atoms with van der Waals surface area (Å²) in [5, 5.41) is 7.42. The van der Waals surface area contributed by atoms with E-state index < -0.39 is 0 Å². The van der Waals surface area contributed by atoms with Crippen LogP contribution >= 0.6 is 15.9 Å². The summed E-state index contributed by atoms with van der Waals surface area (Å²) in [6, 6.07) is 0. The van der Waals surface area contributed by atoms with Crippen LogP contribution in [0.3, 0.4) is 0 Å². The topological polar surface area (TPSA) is 24.1 Å². The van der Waals surface area contributed by atoms with Gasteiger partial charge >= 0.3 is 0 Å². The molecule has 0 rings (SSSR count). The fourth-order valence-corrected chi connectivity index (χ4v) is 0.862. The minimum absolute atomic E-state index is 1.05. The van der Waals surface area contributed by atoms with Crippen LogP contribution in [0.25, 0.3) is 0 Å². The number of rotatable bonds is 6. The van der Waals surface area contributed by atoms with Gasteiger partial charge in [-0.1, -0.05) is 15.9 Å². The molecule has 0 heterocycles. The molecule has 2 N–H and O–H groups in total. The quantitative estimate of drug-likeness (QED) is 0.478. The largest absolute Gasteiger partial charge is 0.320 e. The zero-order valence-corrected chi connectivity index (χ0v) is 7.50. The van der Waals surface area contributed by atoms with Crippen molar-refractivity contribution in [2.75, 3.05) is 32.0 Å². The summed E-state index contributed by atoms with van der Waals surface area (Å²) >= 11 is 3.34. The maximum atomic E-state index is 3.34. The maximum absolute atomic E-state index is 3.34. The third-order valence-electron chi connectivity index (χ3n) is 1.05. The molecule has 0 radical (unpaired) electrons. The smallest absolute Gasteiger partial charge is 0.0157 e. The van der Waals surface area contributed by atoms with E-state index in [-0.39, 0.29) is 0 Å². The normalized spacial score (nSPS) is 10.0. The van der Waals surface area contributed by atoms with Crippen molar-refractivity contribution in [2.45, 2.75) is 6.42 Å². The van der Waals surface area contributed by atoms with Gasteiger partial charge in [0.2, 0.25) is 0 Å². The second-order valence-electron chi connectivity index (χ2n) is 1.90. The Hall–Kier alpha value is 0.400. The minimum Gasteiger partial charge on any atom is -0.320 e. The molecule has 0 saturated heterocycles. The lowest BCUT2D eigenvalue weighted by Gasteiger charge is -2.00. The average molecular weight is 195 g/mol. The molecule has 2 nitrogen and oxygen atoms in total. The standard InChI is InChI=1S/C6H15BrN2/c1-8-4-2-5-9-6-3-7/h8-9H,2-6H2,1H3. The highest BCUT2D eigenvalue weighted by atomic mass is 79.9. The van der Waals surface area contributed by atoms with Crippen molar-refractivity contribution in [1.29, 1.82) is 0 Å². The van der Waals surface area contributed by atoms with Gasteiger partial charge in [0.25, 0.3) is 0 Å². The lowest BCUT2D eigenvalue weighted by molar-refractivity contribution is 0.645. The molecule has 0 spiro atoms. The Morgan fingerprint density at radius 1 is 1.22 bits per heavy atom. The average Bonchev–Trinajstić information content (AvgIpc) is 1.89. The van der Waals surface area contributed by atoms with Crippen molar-refractivity contribution in [1.82, 2.24) is 10.6 Å². The monoisotopic (exact) mass is 194 g/mol. The highest BCUT2D eigenvalue weighted by molar-refractivity contribution is 9.09. The minimum atomic E-state index is 1.05. The number of hydrogen-bond donors (Lipinski definition) is 2. The van der Waals surface area contributed by atoms with Gasteiger partial charge in [-0.2, -0.15) is 0 Å². The van der Waals surface area contributed by atoms with Gasteiger partial charge in [0.1, 0.15) is 0 Å². The van der Waals surface area contributed by atoms with Gasteiger partial charge in [0.05, 0.1) is 0 Å². The molecule has 0 saturated carbocycles. The van der Waals surface area contributed by atoms with Gasteiger partial charge in [0, 0.05) is 11.9 Å². The molecular weight excluding hydrogens is 180 g/mol. The Kier molecular flexibility index (Phi) is 8.77. The predicted octanol–water partition coefficient (Wildman–Crippen LogP) is 0.580. The van der Waals surface area contributed by atoms with Crippen LogP contribution in [0.2, 0.25) is 0 Å². The number of hydrogen-bond acceptors (Lipinski definition) is 2. The van der Waals surface area contributed by atoms with Crippen LogP contribution in [-0.4, -0.2) is 32.0 Å². The summed E-state index contributed by atoms with van der Waals surface area (Å²) in [5.41, 5.74) is 0. The van der Waals surface area contributed by atoms with Gasteiger partial charge in [-0.25, -0.2) is 0 Å². The second-order valence-corrected chi connectivity index (χ2v) is 2.69. The van der Waals surface area contributed by atoms with E-state index in [1.54, 1.807) is 0 Å². The molecule has 0 aromatic heterocycles. The zero-order chi connectivity index (χ0) is 6.95. The summed E-state index contributed by atoms with van der Waals surface area (Å²) in [5.74, 6) is 0. The zero-order valence-electron chi connectivity index (χ0n) is 5.91. The van der Waals surface area contributed by atoms with Crippen molar-refractivity contribution in [3.8, 4) is 0 Å². The van der Waals surface area contributed by atoms with Crippen molar-refractivity contribution >= 4 is 15.9 Å². The van der Waals surface area contributed by atoms with Gasteiger partial charge < -0.3 is 10.6 Å². The molecule has 0 aromatic rings. The van der Waals surface area contributed by atoms with E-state index >= 15 is 0 Å². The van der Waals surface area contributed by atoms with Gasteiger partial charge in [0.15, 0.2) is 0 Å². The molecule has 9 heavy (non-hydrogen) atoms. The van der Waals surface area contributed by atoms with Crippen molar-refractivity contribution in [2.24, 2.45) is 0 Å². The fourth-order valence-electron chi connectivity index (χ4n) is 0.582. The van der Waals surface area contributed by atoms with Crippen LogP contribution in [0.4, 0.5) is 0 Å². The number of halogens is 1. The summed E-state index contributed by atoms with van der Waals surface area (Å²) in [4.78, 5) is 0. The van der Waals surface area contributed by atoms with Crippen molar-refractivity contribution < 1.29 is 0 Å². The predicted molar refractivity (Wildman–Crippen MR) is 45.2 cm³/mol. The first-order chi connectivity index (χ1) is 4.41. The molecular formula is C6H15BrN2. The molecule has 0 fully saturated rings. The molecule has 0 bridgehead atoms. The van der Waals surface area contributed by atoms with Gasteiger partial charge in [-0.05, 0) is 26.6 Å². The van der Waals surface area contributed by atoms with E-state index in [2.05, 4.69) is 26.6 Å². The molecule has 0 aliphatic heterocycles. The molecule has 56 valence electrons. The Morgan fingerprint density at radius 2 is 2.00 bits per heavy atom. The van der Waals surface area contributed by atoms with E-state index in [4.69, 9.17) is 0 Å². The van der Waals surface area contributed by atoms with Gasteiger partial charge in [-0.15, -0.1) is 0 Å². The van der Waals surface area contributed by atoms with Crippen LogP contribution in [0.1, 0.15) is 6.42 Å². The highest BCUT2D eigenvalue weighted by Gasteiger charge is 1.83. The van der Waals surface area contributed by atoms with Crippen molar-refractivity contribution in [3.05, 3.63) is 0 Å². The summed E-state index contributed by atoms with van der Waals surface area (Å²) < 4.78 is 0. The lowest BCUT2D eigenvalue weighted by Crippen LogP contribution is -2.21. The first kappa shape index (κ1) is 9.40. The summed E-state index contributed by atoms with van der Waals surface area (Å²) in [6.07, 6.45) is 1.21. The summed E-state index contributed by atoms with van der Waals surface area (Å²) in [7, 11) is 1.98.